The molecule has 0 aliphatic carbocycles. The second kappa shape index (κ2) is 5.27. The normalized spacial score (nSPS) is 21.1. The quantitative estimate of drug-likeness (QED) is 0.930. The van der Waals surface area contributed by atoms with Crippen LogP contribution in [0.3, 0.4) is 0 Å². The maximum absolute atomic E-state index is 11.6. The summed E-state index contributed by atoms with van der Waals surface area (Å²) >= 11 is 1.59. The van der Waals surface area contributed by atoms with Gasteiger partial charge in [0.25, 0.3) is 0 Å². The van der Waals surface area contributed by atoms with Crippen molar-refractivity contribution in [3.63, 3.8) is 0 Å². The highest BCUT2D eigenvalue weighted by Gasteiger charge is 2.26. The SMILES string of the molecule is CS(=O)(=O)N1CCCC(Nc2ncnc3ccsc23)C1. The molecule has 1 unspecified atom stereocenters. The molecule has 0 bridgehead atoms. The van der Waals surface area contributed by atoms with E-state index < -0.39 is 10.0 Å². The van der Waals surface area contributed by atoms with Gasteiger partial charge in [0.05, 0.1) is 16.5 Å². The largest absolute Gasteiger partial charge is 0.365 e. The first kappa shape index (κ1) is 13.7. The van der Waals surface area contributed by atoms with Crippen molar-refractivity contribution in [2.45, 2.75) is 18.9 Å². The van der Waals surface area contributed by atoms with Gasteiger partial charge in [-0.2, -0.15) is 0 Å². The van der Waals surface area contributed by atoms with Gasteiger partial charge >= 0.3 is 0 Å². The molecule has 2 aromatic heterocycles. The molecule has 0 radical (unpaired) electrons. The van der Waals surface area contributed by atoms with Crippen molar-refractivity contribution >= 4 is 37.4 Å². The summed E-state index contributed by atoms with van der Waals surface area (Å²) in [6.07, 6.45) is 4.61. The molecule has 6 nitrogen and oxygen atoms in total. The van der Waals surface area contributed by atoms with Crippen LogP contribution in [0, 0.1) is 0 Å². The second-order valence-electron chi connectivity index (χ2n) is 4.96. The molecule has 8 heteroatoms. The monoisotopic (exact) mass is 312 g/mol. The number of anilines is 1. The third-order valence-electron chi connectivity index (χ3n) is 3.44. The molecular formula is C12H16N4O2S2. The van der Waals surface area contributed by atoms with E-state index >= 15 is 0 Å². The van der Waals surface area contributed by atoms with Crippen LogP contribution < -0.4 is 5.32 Å². The smallest absolute Gasteiger partial charge is 0.211 e. The summed E-state index contributed by atoms with van der Waals surface area (Å²) in [5.41, 5.74) is 0.920. The van der Waals surface area contributed by atoms with Gasteiger partial charge in [-0.3, -0.25) is 0 Å². The Hall–Kier alpha value is -1.25. The zero-order valence-corrected chi connectivity index (χ0v) is 12.7. The minimum atomic E-state index is -3.12. The van der Waals surface area contributed by atoms with Gasteiger partial charge in [-0.1, -0.05) is 0 Å². The number of nitrogens with one attached hydrogen (secondary N) is 1. The van der Waals surface area contributed by atoms with Crippen LogP contribution in [0.5, 0.6) is 0 Å². The van der Waals surface area contributed by atoms with Crippen molar-refractivity contribution < 1.29 is 8.42 Å². The second-order valence-corrected chi connectivity index (χ2v) is 7.86. The van der Waals surface area contributed by atoms with Crippen molar-refractivity contribution in [2.24, 2.45) is 0 Å². The van der Waals surface area contributed by atoms with Crippen LogP contribution in [-0.2, 0) is 10.0 Å². The van der Waals surface area contributed by atoms with Gasteiger partial charge < -0.3 is 5.32 Å². The zero-order valence-electron chi connectivity index (χ0n) is 11.1. The minimum Gasteiger partial charge on any atom is -0.365 e. The van der Waals surface area contributed by atoms with Gasteiger partial charge in [0.2, 0.25) is 10.0 Å². The third kappa shape index (κ3) is 2.77. The Bertz CT molecular complexity index is 713. The average Bonchev–Trinajstić information content (AvgIpc) is 2.87. The summed E-state index contributed by atoms with van der Waals surface area (Å²) in [5.74, 6) is 0.797. The van der Waals surface area contributed by atoms with E-state index in [0.717, 1.165) is 28.9 Å². The molecule has 1 atom stereocenters. The molecule has 2 aromatic rings. The lowest BCUT2D eigenvalue weighted by molar-refractivity contribution is 0.329. The zero-order chi connectivity index (χ0) is 14.2. The molecule has 0 aromatic carbocycles. The molecule has 108 valence electrons. The van der Waals surface area contributed by atoms with Crippen LogP contribution in [0.1, 0.15) is 12.8 Å². The predicted octanol–water partition coefficient (Wildman–Crippen LogP) is 1.53. The molecule has 1 aliphatic heterocycles. The molecular weight excluding hydrogens is 296 g/mol. The number of nitrogens with zero attached hydrogens (tertiary/aromatic N) is 3. The maximum Gasteiger partial charge on any atom is 0.211 e. The number of sulfonamides is 1. The molecule has 0 saturated carbocycles. The summed E-state index contributed by atoms with van der Waals surface area (Å²) in [6.45, 7) is 1.10. The molecule has 0 spiro atoms. The Morgan fingerprint density at radius 3 is 3.10 bits per heavy atom. The van der Waals surface area contributed by atoms with Crippen LogP contribution in [-0.4, -0.2) is 48.1 Å². The summed E-state index contributed by atoms with van der Waals surface area (Å²) in [5, 5.41) is 5.35. The summed E-state index contributed by atoms with van der Waals surface area (Å²) in [6, 6.07) is 2.05. The van der Waals surface area contributed by atoms with Gasteiger partial charge in [-0.25, -0.2) is 22.7 Å². The number of hydrogen-bond donors (Lipinski definition) is 1. The van der Waals surface area contributed by atoms with Gasteiger partial charge in [-0.05, 0) is 24.3 Å². The van der Waals surface area contributed by atoms with Crippen LogP contribution in [0.2, 0.25) is 0 Å². The maximum atomic E-state index is 11.6. The van der Waals surface area contributed by atoms with Crippen LogP contribution in [0.15, 0.2) is 17.8 Å². The first-order valence-electron chi connectivity index (χ1n) is 6.44. The van der Waals surface area contributed by atoms with E-state index in [1.165, 1.54) is 16.9 Å². The summed E-state index contributed by atoms with van der Waals surface area (Å²) < 4.78 is 25.8. The van der Waals surface area contributed by atoms with Crippen LogP contribution in [0.25, 0.3) is 10.2 Å². The molecule has 3 rings (SSSR count). The van der Waals surface area contributed by atoms with E-state index in [4.69, 9.17) is 0 Å². The van der Waals surface area contributed by atoms with E-state index in [-0.39, 0.29) is 6.04 Å². The molecule has 1 N–H and O–H groups in total. The number of piperidine rings is 1. The van der Waals surface area contributed by atoms with Gasteiger partial charge in [0.1, 0.15) is 12.1 Å². The van der Waals surface area contributed by atoms with Crippen molar-refractivity contribution in [3.8, 4) is 0 Å². The lowest BCUT2D eigenvalue weighted by atomic mass is 10.1. The van der Waals surface area contributed by atoms with Crippen LogP contribution >= 0.6 is 11.3 Å². The van der Waals surface area contributed by atoms with Crippen molar-refractivity contribution in [2.75, 3.05) is 24.7 Å². The molecule has 0 amide bonds. The number of rotatable bonds is 3. The summed E-state index contributed by atoms with van der Waals surface area (Å²) in [4.78, 5) is 8.48. The minimum absolute atomic E-state index is 0.0960. The Labute approximate surface area is 121 Å². The first-order valence-corrected chi connectivity index (χ1v) is 9.17. The highest BCUT2D eigenvalue weighted by molar-refractivity contribution is 7.88. The molecule has 3 heterocycles. The fourth-order valence-electron chi connectivity index (χ4n) is 2.45. The van der Waals surface area contributed by atoms with Gasteiger partial charge in [-0.15, -0.1) is 11.3 Å². The molecule has 1 aliphatic rings. The van der Waals surface area contributed by atoms with E-state index in [1.54, 1.807) is 11.3 Å². The fourth-order valence-corrected chi connectivity index (χ4v) is 4.16. The molecule has 20 heavy (non-hydrogen) atoms. The fraction of sp³-hybridized carbons (Fsp3) is 0.500. The van der Waals surface area contributed by atoms with E-state index in [2.05, 4.69) is 15.3 Å². The highest BCUT2D eigenvalue weighted by atomic mass is 32.2. The lowest BCUT2D eigenvalue weighted by Gasteiger charge is -2.31. The Morgan fingerprint density at radius 1 is 1.45 bits per heavy atom. The summed E-state index contributed by atoms with van der Waals surface area (Å²) in [7, 11) is -3.12. The number of aromatic nitrogens is 2. The van der Waals surface area contributed by atoms with Crippen molar-refractivity contribution in [1.29, 1.82) is 0 Å². The van der Waals surface area contributed by atoms with Gasteiger partial charge in [0.15, 0.2) is 0 Å². The van der Waals surface area contributed by atoms with Crippen LogP contribution in [0.4, 0.5) is 5.82 Å². The molecule has 1 fully saturated rings. The van der Waals surface area contributed by atoms with Crippen molar-refractivity contribution in [1.82, 2.24) is 14.3 Å². The van der Waals surface area contributed by atoms with E-state index in [9.17, 15) is 8.42 Å². The van der Waals surface area contributed by atoms with E-state index in [0.29, 0.717) is 13.1 Å². The number of thiophene rings is 1. The standard InChI is InChI=1S/C12H16N4O2S2/c1-20(17,18)16-5-2-3-9(7-16)15-12-11-10(4-6-19-11)13-8-14-12/h4,6,8-9H,2-3,5,7H2,1H3,(H,13,14,15). The average molecular weight is 312 g/mol. The molecule has 1 saturated heterocycles. The number of fused-ring (bicyclic) bond motifs is 1. The Balaban J connectivity index is 1.79. The number of hydrogen-bond acceptors (Lipinski definition) is 6. The van der Waals surface area contributed by atoms with E-state index in [1.807, 2.05) is 11.4 Å². The Morgan fingerprint density at radius 2 is 2.30 bits per heavy atom. The van der Waals surface area contributed by atoms with Crippen molar-refractivity contribution in [3.05, 3.63) is 17.8 Å². The Kier molecular flexibility index (Phi) is 3.61. The highest BCUT2D eigenvalue weighted by Crippen LogP contribution is 2.26. The third-order valence-corrected chi connectivity index (χ3v) is 5.62. The topological polar surface area (TPSA) is 75.2 Å². The first-order chi connectivity index (χ1) is 9.54. The van der Waals surface area contributed by atoms with Gasteiger partial charge in [0, 0.05) is 19.1 Å². The lowest BCUT2D eigenvalue weighted by Crippen LogP contribution is -2.44. The predicted molar refractivity (Wildman–Crippen MR) is 80.5 cm³/mol.